The van der Waals surface area contributed by atoms with E-state index in [1.165, 1.54) is 5.40 Å². The number of nitrogens with zero attached hydrogens (tertiary/aromatic N) is 1. The second-order valence-corrected chi connectivity index (χ2v) is 0.300. The van der Waals surface area contributed by atoms with Crippen LogP contribution in [0.2, 0.25) is 0 Å². The molecule has 3 heteroatoms. The first kappa shape index (κ1) is 8.89. The molecule has 0 aliphatic carbocycles. The van der Waals surface area contributed by atoms with Crippen LogP contribution in [0.25, 0.3) is 0 Å². The Balaban J connectivity index is 0. The quantitative estimate of drug-likeness (QED) is 0.342. The largest absolute Gasteiger partial charge is 0.197 e. The average molecular weight is 93.2 g/mol. The summed E-state index contributed by atoms with van der Waals surface area (Å²) < 4.78 is 0. The molecule has 0 atom stereocenters. The van der Waals surface area contributed by atoms with Crippen molar-refractivity contribution in [3.8, 4) is 5.40 Å². The molecular formula is CH3NS2. The summed E-state index contributed by atoms with van der Waals surface area (Å²) in [6.07, 6.45) is 0. The fourth-order valence-corrected chi connectivity index (χ4v) is 0. The van der Waals surface area contributed by atoms with Gasteiger partial charge in [-0.2, -0.15) is 18.8 Å². The number of thiocyanates is 1. The molecule has 0 aliphatic heterocycles. The number of nitriles is 1. The van der Waals surface area contributed by atoms with Gasteiger partial charge in [0.15, 0.2) is 0 Å². The third-order valence-corrected chi connectivity index (χ3v) is 0. The highest BCUT2D eigenvalue weighted by Crippen LogP contribution is 1.46. The molecule has 0 N–H and O–H groups in total. The fraction of sp³-hybridized carbons (Fsp3) is 0. The molecule has 24 valence electrons. The monoisotopic (exact) mass is 93.0 g/mol. The predicted octanol–water partition coefficient (Wildman–Crippen LogP) is 0.510. The highest BCUT2D eigenvalue weighted by atomic mass is 32.1. The van der Waals surface area contributed by atoms with Crippen LogP contribution in [-0.4, -0.2) is 0 Å². The molecule has 0 spiro atoms. The standard InChI is InChI=1S/CHNS.H2S/c2-1-3;/h3H;1H2. The minimum Gasteiger partial charge on any atom is -0.197 e. The SMILES string of the molecule is N#CS.S. The maximum Gasteiger partial charge on any atom is 0.130 e. The van der Waals surface area contributed by atoms with Crippen molar-refractivity contribution in [3.05, 3.63) is 0 Å². The van der Waals surface area contributed by atoms with Crippen LogP contribution in [0.1, 0.15) is 0 Å². The van der Waals surface area contributed by atoms with Crippen molar-refractivity contribution in [2.75, 3.05) is 0 Å². The predicted molar refractivity (Wildman–Crippen MR) is 25.0 cm³/mol. The molecule has 0 aromatic carbocycles. The molecule has 0 fully saturated rings. The number of thiol groups is 1. The Labute approximate surface area is 37.5 Å². The van der Waals surface area contributed by atoms with Crippen LogP contribution in [0.3, 0.4) is 0 Å². The Bertz CT molecular complexity index is 27.5. The third-order valence-electron chi connectivity index (χ3n) is 0. The van der Waals surface area contributed by atoms with E-state index in [0.29, 0.717) is 0 Å². The molecule has 4 heavy (non-hydrogen) atoms. The second-order valence-electron chi connectivity index (χ2n) is 0.100. The van der Waals surface area contributed by atoms with E-state index in [0.717, 1.165) is 0 Å². The van der Waals surface area contributed by atoms with Crippen LogP contribution >= 0.6 is 26.1 Å². The molecule has 0 aromatic heterocycles. The van der Waals surface area contributed by atoms with Gasteiger partial charge in [-0.3, -0.25) is 0 Å². The summed E-state index contributed by atoms with van der Waals surface area (Å²) in [5.41, 5.74) is 0. The van der Waals surface area contributed by atoms with Gasteiger partial charge in [-0.1, -0.05) is 12.6 Å². The van der Waals surface area contributed by atoms with Gasteiger partial charge in [-0.25, -0.2) is 0 Å². The fourth-order valence-electron chi connectivity index (χ4n) is 0. The lowest BCUT2D eigenvalue weighted by Gasteiger charge is -1.14. The smallest absolute Gasteiger partial charge is 0.130 e. The number of hydrogen-bond donors (Lipinski definition) is 1. The van der Waals surface area contributed by atoms with Crippen LogP contribution in [0.5, 0.6) is 0 Å². The first-order valence-electron chi connectivity index (χ1n) is 0.447. The summed E-state index contributed by atoms with van der Waals surface area (Å²) >= 11 is 3.09. The average Bonchev–Trinajstić information content (AvgIpc) is 0.918. The van der Waals surface area contributed by atoms with Gasteiger partial charge in [0.1, 0.15) is 5.40 Å². The van der Waals surface area contributed by atoms with E-state index in [2.05, 4.69) is 12.6 Å². The molecule has 0 aromatic rings. The van der Waals surface area contributed by atoms with Gasteiger partial charge in [-0.05, 0) is 0 Å². The molecule has 0 aliphatic rings. The van der Waals surface area contributed by atoms with E-state index in [-0.39, 0.29) is 13.5 Å². The summed E-state index contributed by atoms with van der Waals surface area (Å²) in [5.74, 6) is 0. The van der Waals surface area contributed by atoms with E-state index in [4.69, 9.17) is 5.26 Å². The molecule has 0 saturated heterocycles. The van der Waals surface area contributed by atoms with Gasteiger partial charge in [0.2, 0.25) is 0 Å². The second kappa shape index (κ2) is 10.8. The lowest BCUT2D eigenvalue weighted by atomic mass is 11.8. The number of hydrogen-bond acceptors (Lipinski definition) is 2. The summed E-state index contributed by atoms with van der Waals surface area (Å²) in [7, 11) is 0. The lowest BCUT2D eigenvalue weighted by molar-refractivity contribution is 1.57. The molecule has 0 saturated carbocycles. The maximum absolute atomic E-state index is 7.18. The Morgan fingerprint density at radius 1 is 1.75 bits per heavy atom. The van der Waals surface area contributed by atoms with Crippen molar-refractivity contribution in [3.63, 3.8) is 0 Å². The van der Waals surface area contributed by atoms with Gasteiger partial charge < -0.3 is 0 Å². The molecular weight excluding hydrogens is 90.2 g/mol. The van der Waals surface area contributed by atoms with Crippen molar-refractivity contribution in [2.24, 2.45) is 0 Å². The molecule has 0 unspecified atom stereocenters. The first-order chi connectivity index (χ1) is 1.41. The zero-order valence-electron chi connectivity index (χ0n) is 1.89. The van der Waals surface area contributed by atoms with E-state index in [9.17, 15) is 0 Å². The first-order valence-corrected chi connectivity index (χ1v) is 0.894. The van der Waals surface area contributed by atoms with E-state index >= 15 is 0 Å². The van der Waals surface area contributed by atoms with Gasteiger partial charge >= 0.3 is 0 Å². The Hall–Kier alpha value is 0.190. The van der Waals surface area contributed by atoms with Crippen molar-refractivity contribution in [1.29, 1.82) is 5.26 Å². The number of rotatable bonds is 0. The Morgan fingerprint density at radius 3 is 1.75 bits per heavy atom. The van der Waals surface area contributed by atoms with Crippen LogP contribution in [0.4, 0.5) is 0 Å². The van der Waals surface area contributed by atoms with Crippen molar-refractivity contribution < 1.29 is 0 Å². The van der Waals surface area contributed by atoms with Crippen LogP contribution < -0.4 is 0 Å². The van der Waals surface area contributed by atoms with Crippen LogP contribution in [0, 0.1) is 10.7 Å². The topological polar surface area (TPSA) is 23.8 Å². The molecule has 1 nitrogen and oxygen atoms in total. The van der Waals surface area contributed by atoms with Crippen LogP contribution in [-0.2, 0) is 0 Å². The van der Waals surface area contributed by atoms with E-state index in [1.807, 2.05) is 0 Å². The minimum atomic E-state index is 0. The van der Waals surface area contributed by atoms with Gasteiger partial charge in [0.05, 0.1) is 0 Å². The van der Waals surface area contributed by atoms with Crippen LogP contribution in [0.15, 0.2) is 0 Å². The van der Waals surface area contributed by atoms with Crippen molar-refractivity contribution >= 4 is 26.1 Å². The Kier molecular flexibility index (Phi) is 24.0. The van der Waals surface area contributed by atoms with Crippen molar-refractivity contribution in [2.45, 2.75) is 0 Å². The minimum absolute atomic E-state index is 0. The van der Waals surface area contributed by atoms with Gasteiger partial charge in [-0.15, -0.1) is 0 Å². The van der Waals surface area contributed by atoms with Gasteiger partial charge in [0, 0.05) is 0 Å². The molecule has 0 heterocycles. The normalized spacial score (nSPS) is 2.00. The summed E-state index contributed by atoms with van der Waals surface area (Å²) in [6.45, 7) is 0. The zero-order chi connectivity index (χ0) is 2.71. The molecule has 0 radical (unpaired) electrons. The Morgan fingerprint density at radius 2 is 1.75 bits per heavy atom. The highest BCUT2D eigenvalue weighted by molar-refractivity contribution is 7.85. The third kappa shape index (κ3) is 85.9. The van der Waals surface area contributed by atoms with E-state index in [1.54, 1.807) is 0 Å². The zero-order valence-corrected chi connectivity index (χ0v) is 3.79. The molecule has 0 amide bonds. The summed E-state index contributed by atoms with van der Waals surface area (Å²) in [6, 6.07) is 0. The van der Waals surface area contributed by atoms with Crippen molar-refractivity contribution in [1.82, 2.24) is 0 Å². The maximum atomic E-state index is 7.18. The molecule has 0 rings (SSSR count). The highest BCUT2D eigenvalue weighted by Gasteiger charge is 1.18. The lowest BCUT2D eigenvalue weighted by Crippen LogP contribution is -0.961. The van der Waals surface area contributed by atoms with Gasteiger partial charge in [0.25, 0.3) is 0 Å². The summed E-state index contributed by atoms with van der Waals surface area (Å²) in [4.78, 5) is 0. The molecule has 0 bridgehead atoms. The summed E-state index contributed by atoms with van der Waals surface area (Å²) in [5, 5.41) is 8.63. The van der Waals surface area contributed by atoms with E-state index < -0.39 is 0 Å².